The van der Waals surface area contributed by atoms with E-state index < -0.39 is 10.8 Å². The van der Waals surface area contributed by atoms with Crippen molar-refractivity contribution in [3.05, 3.63) is 56.6 Å². The number of nitrogens with two attached hydrogens (primary N) is 1. The van der Waals surface area contributed by atoms with Crippen LogP contribution in [0.3, 0.4) is 0 Å². The van der Waals surface area contributed by atoms with E-state index in [4.69, 9.17) is 5.73 Å². The third-order valence-corrected chi connectivity index (χ3v) is 5.42. The van der Waals surface area contributed by atoms with Crippen LogP contribution in [-0.2, 0) is 6.42 Å². The number of nitro benzene ring substituents is 1. The van der Waals surface area contributed by atoms with Crippen LogP contribution in [0, 0.1) is 17.0 Å². The molecule has 0 aliphatic heterocycles. The van der Waals surface area contributed by atoms with E-state index >= 15 is 0 Å². The van der Waals surface area contributed by atoms with Crippen molar-refractivity contribution >= 4 is 44.5 Å². The van der Waals surface area contributed by atoms with Gasteiger partial charge in [0.25, 0.3) is 11.6 Å². The van der Waals surface area contributed by atoms with E-state index in [2.05, 4.69) is 17.2 Å². The first-order valence-corrected chi connectivity index (χ1v) is 9.46. The van der Waals surface area contributed by atoms with Crippen LogP contribution < -0.4 is 11.1 Å². The Bertz CT molecular complexity index is 1030. The van der Waals surface area contributed by atoms with Gasteiger partial charge in [-0.1, -0.05) is 19.4 Å². The second kappa shape index (κ2) is 7.71. The van der Waals surface area contributed by atoms with E-state index in [1.807, 2.05) is 12.1 Å². The van der Waals surface area contributed by atoms with Crippen molar-refractivity contribution in [2.45, 2.75) is 33.1 Å². The summed E-state index contributed by atoms with van der Waals surface area (Å²) in [5.41, 5.74) is 8.35. The molecule has 2 heterocycles. The zero-order chi connectivity index (χ0) is 19.6. The molecule has 0 unspecified atom stereocenters. The van der Waals surface area contributed by atoms with E-state index in [-0.39, 0.29) is 5.69 Å². The summed E-state index contributed by atoms with van der Waals surface area (Å²) in [5.74, 6) is -0.399. The number of benzene rings is 1. The Morgan fingerprint density at radius 3 is 2.81 bits per heavy atom. The number of pyridine rings is 1. The molecule has 3 N–H and O–H groups in total. The van der Waals surface area contributed by atoms with Crippen molar-refractivity contribution < 1.29 is 9.72 Å². The van der Waals surface area contributed by atoms with Crippen molar-refractivity contribution in [1.82, 2.24) is 4.98 Å². The molecule has 0 aliphatic rings. The zero-order valence-electron chi connectivity index (χ0n) is 15.1. The van der Waals surface area contributed by atoms with Crippen LogP contribution in [-0.4, -0.2) is 15.8 Å². The topological polar surface area (TPSA) is 111 Å². The van der Waals surface area contributed by atoms with Crippen molar-refractivity contribution in [2.24, 2.45) is 0 Å². The lowest BCUT2D eigenvalue weighted by molar-refractivity contribution is -0.385. The maximum absolute atomic E-state index is 12.6. The van der Waals surface area contributed by atoms with Gasteiger partial charge < -0.3 is 11.1 Å². The number of nitrogens with zero attached hydrogens (tertiary/aromatic N) is 2. The summed E-state index contributed by atoms with van der Waals surface area (Å²) in [6, 6.07) is 8.41. The highest BCUT2D eigenvalue weighted by molar-refractivity contribution is 7.21. The molecule has 0 aliphatic carbocycles. The van der Waals surface area contributed by atoms with Crippen LogP contribution in [0.2, 0.25) is 0 Å². The Balaban J connectivity index is 1.88. The third kappa shape index (κ3) is 3.90. The number of thiophene rings is 1. The molecule has 3 rings (SSSR count). The molecule has 1 aromatic carbocycles. The molecule has 0 atom stereocenters. The van der Waals surface area contributed by atoms with E-state index in [0.29, 0.717) is 21.8 Å². The van der Waals surface area contributed by atoms with Crippen LogP contribution >= 0.6 is 11.3 Å². The Morgan fingerprint density at radius 1 is 1.33 bits per heavy atom. The molecule has 0 saturated heterocycles. The second-order valence-electron chi connectivity index (χ2n) is 6.32. The molecule has 7 nitrogen and oxygen atoms in total. The summed E-state index contributed by atoms with van der Waals surface area (Å²) >= 11 is 1.23. The zero-order valence-corrected chi connectivity index (χ0v) is 15.9. The average molecular weight is 384 g/mol. The van der Waals surface area contributed by atoms with Crippen LogP contribution in [0.15, 0.2) is 30.3 Å². The lowest BCUT2D eigenvalue weighted by atomic mass is 10.1. The number of unbranched alkanes of at least 4 members (excludes halogenated alkanes) is 1. The van der Waals surface area contributed by atoms with Gasteiger partial charge in [0.2, 0.25) is 0 Å². The number of hydrogen-bond donors (Lipinski definition) is 2. The quantitative estimate of drug-likeness (QED) is 0.473. The minimum Gasteiger partial charge on any atom is -0.397 e. The number of nitrogen functional groups attached to an aromatic ring is 1. The fourth-order valence-electron chi connectivity index (χ4n) is 2.77. The summed E-state index contributed by atoms with van der Waals surface area (Å²) in [4.78, 5) is 28.9. The molecule has 0 spiro atoms. The normalized spacial score (nSPS) is 10.9. The molecule has 140 valence electrons. The van der Waals surface area contributed by atoms with Gasteiger partial charge in [-0.25, -0.2) is 4.98 Å². The molecule has 3 aromatic rings. The maximum Gasteiger partial charge on any atom is 0.274 e. The summed E-state index contributed by atoms with van der Waals surface area (Å²) in [5, 5.41) is 14.5. The predicted molar refractivity (Wildman–Crippen MR) is 108 cm³/mol. The van der Waals surface area contributed by atoms with Crippen molar-refractivity contribution in [2.75, 3.05) is 11.1 Å². The molecular formula is C19H20N4O3S. The predicted octanol–water partition coefficient (Wildman–Crippen LogP) is 4.69. The van der Waals surface area contributed by atoms with Gasteiger partial charge in [0.1, 0.15) is 9.71 Å². The van der Waals surface area contributed by atoms with Crippen LogP contribution in [0.1, 0.15) is 40.7 Å². The van der Waals surface area contributed by atoms with Gasteiger partial charge in [0.15, 0.2) is 0 Å². The van der Waals surface area contributed by atoms with Crippen molar-refractivity contribution in [3.8, 4) is 0 Å². The first-order valence-electron chi connectivity index (χ1n) is 8.65. The number of fused-ring (bicyclic) bond motifs is 1. The molecule has 0 saturated carbocycles. The molecule has 2 aromatic heterocycles. The van der Waals surface area contributed by atoms with E-state index in [1.165, 1.54) is 17.4 Å². The standard InChI is InChI=1S/C19H20N4O3S/c1-3-4-5-12-8-9-14-16(20)17(27-19(14)22-12)18(24)21-13-7-6-11(2)15(10-13)23(25)26/h6-10H,3-5,20H2,1-2H3,(H,21,24). The SMILES string of the molecule is CCCCc1ccc2c(N)c(C(=O)Nc3ccc(C)c([N+](=O)[O-])c3)sc2n1. The first-order chi connectivity index (χ1) is 12.9. The van der Waals surface area contributed by atoms with E-state index in [1.54, 1.807) is 19.1 Å². The van der Waals surface area contributed by atoms with E-state index in [9.17, 15) is 14.9 Å². The average Bonchev–Trinajstić information content (AvgIpc) is 2.97. The first kappa shape index (κ1) is 18.8. The summed E-state index contributed by atoms with van der Waals surface area (Å²) < 4.78 is 0. The van der Waals surface area contributed by atoms with Gasteiger partial charge in [-0.05, 0) is 38.0 Å². The van der Waals surface area contributed by atoms with E-state index in [0.717, 1.165) is 35.2 Å². The summed E-state index contributed by atoms with van der Waals surface area (Å²) in [7, 11) is 0. The molecule has 8 heteroatoms. The monoisotopic (exact) mass is 384 g/mol. The molecule has 0 radical (unpaired) electrons. The number of nitro groups is 1. The fourth-order valence-corrected chi connectivity index (χ4v) is 3.78. The maximum atomic E-state index is 12.6. The molecule has 0 bridgehead atoms. The van der Waals surface area contributed by atoms with Crippen molar-refractivity contribution in [3.63, 3.8) is 0 Å². The molecule has 0 fully saturated rings. The summed E-state index contributed by atoms with van der Waals surface area (Å²) in [6.07, 6.45) is 3.03. The largest absolute Gasteiger partial charge is 0.397 e. The third-order valence-electron chi connectivity index (χ3n) is 4.31. The molecule has 27 heavy (non-hydrogen) atoms. The fraction of sp³-hybridized carbons (Fsp3) is 0.263. The molecule has 1 amide bonds. The lowest BCUT2D eigenvalue weighted by Gasteiger charge is -2.05. The highest BCUT2D eigenvalue weighted by atomic mass is 32.1. The van der Waals surface area contributed by atoms with Gasteiger partial charge in [-0.2, -0.15) is 0 Å². The number of amides is 1. The smallest absolute Gasteiger partial charge is 0.274 e. The Labute approximate surface area is 160 Å². The van der Waals surface area contributed by atoms with Gasteiger partial charge in [0.05, 0.1) is 10.6 Å². The number of hydrogen-bond acceptors (Lipinski definition) is 6. The van der Waals surface area contributed by atoms with Gasteiger partial charge in [0, 0.05) is 28.4 Å². The van der Waals surface area contributed by atoms with Gasteiger partial charge >= 0.3 is 0 Å². The number of carbonyl (C=O) groups excluding carboxylic acids is 1. The molecular weight excluding hydrogens is 364 g/mol. The number of aromatic nitrogens is 1. The van der Waals surface area contributed by atoms with Crippen LogP contribution in [0.25, 0.3) is 10.2 Å². The lowest BCUT2D eigenvalue weighted by Crippen LogP contribution is -2.12. The summed E-state index contributed by atoms with van der Waals surface area (Å²) in [6.45, 7) is 3.77. The highest BCUT2D eigenvalue weighted by Gasteiger charge is 2.19. The number of rotatable bonds is 6. The van der Waals surface area contributed by atoms with Gasteiger partial charge in [-0.3, -0.25) is 14.9 Å². The number of nitrogens with one attached hydrogen (secondary N) is 1. The number of aryl methyl sites for hydroxylation is 2. The Hall–Kier alpha value is -3.00. The van der Waals surface area contributed by atoms with Gasteiger partial charge in [-0.15, -0.1) is 11.3 Å². The Kier molecular flexibility index (Phi) is 5.36. The minimum absolute atomic E-state index is 0.0423. The number of anilines is 2. The minimum atomic E-state index is -0.472. The van der Waals surface area contributed by atoms with Crippen LogP contribution in [0.4, 0.5) is 17.1 Å². The Morgan fingerprint density at radius 2 is 2.11 bits per heavy atom. The van der Waals surface area contributed by atoms with Crippen molar-refractivity contribution in [1.29, 1.82) is 0 Å². The van der Waals surface area contributed by atoms with Crippen LogP contribution in [0.5, 0.6) is 0 Å². The number of carbonyl (C=O) groups is 1. The second-order valence-corrected chi connectivity index (χ2v) is 7.32. The highest BCUT2D eigenvalue weighted by Crippen LogP contribution is 2.33.